The Morgan fingerprint density at radius 2 is 2.27 bits per heavy atom. The number of carbonyl (C=O) groups excluding carboxylic acids is 1. The smallest absolute Gasteiger partial charge is 0.255 e. The number of aliphatic hydroxyl groups excluding tert-OH is 1. The molecule has 1 saturated heterocycles. The van der Waals surface area contributed by atoms with Crippen molar-refractivity contribution < 1.29 is 14.6 Å². The van der Waals surface area contributed by atoms with Crippen molar-refractivity contribution >= 4 is 5.91 Å². The average Bonchev–Trinajstić information content (AvgIpc) is 2.93. The highest BCUT2D eigenvalue weighted by molar-refractivity contribution is 5.95. The molecule has 22 heavy (non-hydrogen) atoms. The lowest BCUT2D eigenvalue weighted by Crippen LogP contribution is -2.42. The molecule has 2 unspecified atom stereocenters. The fourth-order valence-corrected chi connectivity index (χ4v) is 2.25. The maximum Gasteiger partial charge on any atom is 0.255 e. The lowest BCUT2D eigenvalue weighted by Gasteiger charge is -2.15. The summed E-state index contributed by atoms with van der Waals surface area (Å²) in [7, 11) is 0. The highest BCUT2D eigenvalue weighted by atomic mass is 16.5. The van der Waals surface area contributed by atoms with Crippen molar-refractivity contribution in [3.63, 3.8) is 0 Å². The highest BCUT2D eigenvalue weighted by Gasteiger charge is 2.28. The number of hydrogen-bond donors (Lipinski definition) is 2. The van der Waals surface area contributed by atoms with Gasteiger partial charge in [-0.05, 0) is 19.1 Å². The summed E-state index contributed by atoms with van der Waals surface area (Å²) < 4.78 is 5.11. The number of carbonyl (C=O) groups is 1. The van der Waals surface area contributed by atoms with Crippen LogP contribution in [0.15, 0.2) is 30.7 Å². The lowest BCUT2D eigenvalue weighted by atomic mass is 10.1. The summed E-state index contributed by atoms with van der Waals surface area (Å²) in [5.74, 6) is 0.205. The molecule has 1 aliphatic heterocycles. The van der Waals surface area contributed by atoms with Crippen molar-refractivity contribution in [3.05, 3.63) is 42.0 Å². The molecule has 0 aromatic carbocycles. The van der Waals surface area contributed by atoms with Crippen molar-refractivity contribution in [1.29, 1.82) is 0 Å². The van der Waals surface area contributed by atoms with Gasteiger partial charge in [0.25, 0.3) is 5.91 Å². The van der Waals surface area contributed by atoms with Gasteiger partial charge in [0.15, 0.2) is 5.82 Å². The molecule has 3 heterocycles. The van der Waals surface area contributed by atoms with Crippen LogP contribution in [-0.2, 0) is 4.74 Å². The number of amides is 1. The molecule has 2 aromatic rings. The first-order chi connectivity index (χ1) is 10.6. The number of ether oxygens (including phenoxy) is 1. The zero-order valence-electron chi connectivity index (χ0n) is 12.1. The van der Waals surface area contributed by atoms with Crippen molar-refractivity contribution in [3.8, 4) is 11.4 Å². The molecule has 1 fully saturated rings. The zero-order valence-corrected chi connectivity index (χ0v) is 12.1. The van der Waals surface area contributed by atoms with Gasteiger partial charge in [0.1, 0.15) is 0 Å². The van der Waals surface area contributed by atoms with Gasteiger partial charge in [-0.25, -0.2) is 9.97 Å². The second-order valence-corrected chi connectivity index (χ2v) is 5.12. The summed E-state index contributed by atoms with van der Waals surface area (Å²) in [6.07, 6.45) is 4.15. The van der Waals surface area contributed by atoms with E-state index in [1.165, 1.54) is 6.20 Å². The Morgan fingerprint density at radius 1 is 1.41 bits per heavy atom. The van der Waals surface area contributed by atoms with E-state index in [1.54, 1.807) is 25.4 Å². The molecule has 0 saturated carbocycles. The molecule has 0 bridgehead atoms. The minimum atomic E-state index is -0.681. The van der Waals surface area contributed by atoms with Crippen molar-refractivity contribution in [1.82, 2.24) is 20.3 Å². The second kappa shape index (κ2) is 6.17. The van der Waals surface area contributed by atoms with E-state index in [0.29, 0.717) is 23.7 Å². The van der Waals surface area contributed by atoms with E-state index in [1.807, 2.05) is 6.07 Å². The van der Waals surface area contributed by atoms with Crippen LogP contribution < -0.4 is 5.32 Å². The molecule has 0 radical (unpaired) electrons. The van der Waals surface area contributed by atoms with Gasteiger partial charge in [0.05, 0.1) is 36.6 Å². The Bertz CT molecular complexity index is 678. The van der Waals surface area contributed by atoms with Gasteiger partial charge in [-0.2, -0.15) is 0 Å². The third kappa shape index (κ3) is 2.95. The normalized spacial score (nSPS) is 20.8. The van der Waals surface area contributed by atoms with Crippen molar-refractivity contribution in [2.24, 2.45) is 0 Å². The van der Waals surface area contributed by atoms with Crippen molar-refractivity contribution in [2.45, 2.75) is 19.1 Å². The third-order valence-corrected chi connectivity index (χ3v) is 3.51. The fourth-order valence-electron chi connectivity index (χ4n) is 2.25. The molecule has 114 valence electrons. The minimum absolute atomic E-state index is 0.236. The number of nitrogens with zero attached hydrogens (tertiary/aromatic N) is 3. The molecular formula is C15H16N4O3. The standard InChI is InChI=1S/C15H16N4O3/c1-9-11(15(21)19-12-7-22-8-13(12)20)6-17-14(18-9)10-3-2-4-16-5-10/h2-6,12-13,20H,7-8H2,1H3,(H,19,21). The maximum absolute atomic E-state index is 12.2. The maximum atomic E-state index is 12.2. The molecule has 7 nitrogen and oxygen atoms in total. The Kier molecular flexibility index (Phi) is 4.08. The van der Waals surface area contributed by atoms with E-state index in [-0.39, 0.29) is 12.5 Å². The molecule has 3 rings (SSSR count). The number of aliphatic hydroxyl groups is 1. The van der Waals surface area contributed by atoms with Crippen LogP contribution >= 0.6 is 0 Å². The summed E-state index contributed by atoms with van der Waals surface area (Å²) in [4.78, 5) is 24.8. The summed E-state index contributed by atoms with van der Waals surface area (Å²) in [5.41, 5.74) is 1.74. The van der Waals surface area contributed by atoms with Gasteiger partial charge in [0, 0.05) is 24.2 Å². The summed E-state index contributed by atoms with van der Waals surface area (Å²) >= 11 is 0. The van der Waals surface area contributed by atoms with Crippen LogP contribution in [0.2, 0.25) is 0 Å². The van der Waals surface area contributed by atoms with Gasteiger partial charge < -0.3 is 15.2 Å². The first-order valence-electron chi connectivity index (χ1n) is 6.96. The second-order valence-electron chi connectivity index (χ2n) is 5.12. The van der Waals surface area contributed by atoms with Gasteiger partial charge in [0.2, 0.25) is 0 Å². The van der Waals surface area contributed by atoms with Crippen LogP contribution in [0.25, 0.3) is 11.4 Å². The van der Waals surface area contributed by atoms with Gasteiger partial charge in [-0.3, -0.25) is 9.78 Å². The molecule has 7 heteroatoms. The van der Waals surface area contributed by atoms with Gasteiger partial charge >= 0.3 is 0 Å². The zero-order chi connectivity index (χ0) is 15.5. The number of aromatic nitrogens is 3. The number of rotatable bonds is 3. The van der Waals surface area contributed by atoms with E-state index in [9.17, 15) is 9.90 Å². The molecule has 2 N–H and O–H groups in total. The summed E-state index contributed by atoms with van der Waals surface area (Å²) in [5, 5.41) is 12.4. The number of hydrogen-bond acceptors (Lipinski definition) is 6. The molecule has 1 aliphatic rings. The Hall–Kier alpha value is -2.38. The van der Waals surface area contributed by atoms with Crippen LogP contribution in [-0.4, -0.2) is 51.3 Å². The first kappa shape index (κ1) is 14.6. The fraction of sp³-hybridized carbons (Fsp3) is 0.333. The van der Waals surface area contributed by atoms with Crippen LogP contribution in [0.3, 0.4) is 0 Å². The van der Waals surface area contributed by atoms with E-state index in [0.717, 1.165) is 5.56 Å². The van der Waals surface area contributed by atoms with Crippen LogP contribution in [0.1, 0.15) is 16.1 Å². The molecule has 0 aliphatic carbocycles. The summed E-state index contributed by atoms with van der Waals surface area (Å²) in [6.45, 7) is 2.29. The van der Waals surface area contributed by atoms with Gasteiger partial charge in [-0.15, -0.1) is 0 Å². The predicted octanol–water partition coefficient (Wildman–Crippen LogP) is 0.337. The Labute approximate surface area is 127 Å². The molecular weight excluding hydrogens is 284 g/mol. The van der Waals surface area contributed by atoms with Crippen molar-refractivity contribution in [2.75, 3.05) is 13.2 Å². The van der Waals surface area contributed by atoms with Crippen LogP contribution in [0.5, 0.6) is 0 Å². The molecule has 1 amide bonds. The Morgan fingerprint density at radius 3 is 2.91 bits per heavy atom. The number of nitrogens with one attached hydrogen (secondary N) is 1. The number of aryl methyl sites for hydroxylation is 1. The van der Waals surface area contributed by atoms with Gasteiger partial charge in [-0.1, -0.05) is 0 Å². The Balaban J connectivity index is 1.79. The predicted molar refractivity (Wildman–Crippen MR) is 78.1 cm³/mol. The molecule has 0 spiro atoms. The average molecular weight is 300 g/mol. The van der Waals surface area contributed by atoms with E-state index < -0.39 is 12.1 Å². The van der Waals surface area contributed by atoms with E-state index in [4.69, 9.17) is 4.74 Å². The van der Waals surface area contributed by atoms with Crippen LogP contribution in [0, 0.1) is 6.92 Å². The van der Waals surface area contributed by atoms with E-state index >= 15 is 0 Å². The summed E-state index contributed by atoms with van der Waals surface area (Å²) in [6, 6.07) is 3.26. The first-order valence-corrected chi connectivity index (χ1v) is 6.96. The quantitative estimate of drug-likeness (QED) is 0.848. The highest BCUT2D eigenvalue weighted by Crippen LogP contribution is 2.15. The molecule has 2 aromatic heterocycles. The molecule has 2 atom stereocenters. The largest absolute Gasteiger partial charge is 0.388 e. The third-order valence-electron chi connectivity index (χ3n) is 3.51. The minimum Gasteiger partial charge on any atom is -0.388 e. The SMILES string of the molecule is Cc1nc(-c2cccnc2)ncc1C(=O)NC1COCC1O. The number of pyridine rings is 1. The monoisotopic (exact) mass is 300 g/mol. The van der Waals surface area contributed by atoms with E-state index in [2.05, 4.69) is 20.3 Å². The van der Waals surface area contributed by atoms with Crippen LogP contribution in [0.4, 0.5) is 0 Å². The topological polar surface area (TPSA) is 97.2 Å². The lowest BCUT2D eigenvalue weighted by molar-refractivity contribution is 0.0885.